The van der Waals surface area contributed by atoms with Crippen LogP contribution in [0, 0.1) is 11.8 Å². The van der Waals surface area contributed by atoms with Crippen LogP contribution in [-0.4, -0.2) is 151 Å². The van der Waals surface area contributed by atoms with E-state index in [1.54, 1.807) is 30.9 Å². The Kier molecular flexibility index (Phi) is 20.1. The molecule has 0 aromatic carbocycles. The minimum absolute atomic E-state index is 0.00875. The molecule has 15 heteroatoms. The molecule has 67 heavy (non-hydrogen) atoms. The Balaban J connectivity index is 1.54. The maximum absolute atomic E-state index is 13.9. The molecule has 388 valence electrons. The molecule has 1 amide bonds. The highest BCUT2D eigenvalue weighted by molar-refractivity contribution is 6.74. The summed E-state index contributed by atoms with van der Waals surface area (Å²) in [7, 11) is -4.44. The quantitative estimate of drug-likeness (QED) is 0.0404. The second-order valence-electron chi connectivity index (χ2n) is 24.5. The van der Waals surface area contributed by atoms with Gasteiger partial charge in [0.1, 0.15) is 23.9 Å². The summed E-state index contributed by atoms with van der Waals surface area (Å²) in [6.45, 7) is 35.5. The van der Waals surface area contributed by atoms with Crippen molar-refractivity contribution in [2.75, 3.05) is 26.2 Å². The van der Waals surface area contributed by atoms with Crippen molar-refractivity contribution < 1.29 is 53.1 Å². The molecule has 3 heterocycles. The van der Waals surface area contributed by atoms with E-state index < -0.39 is 76.3 Å². The molecule has 3 aliphatic heterocycles. The van der Waals surface area contributed by atoms with Gasteiger partial charge in [0.25, 0.3) is 0 Å². The minimum atomic E-state index is -2.40. The van der Waals surface area contributed by atoms with Gasteiger partial charge >= 0.3 is 12.1 Å². The summed E-state index contributed by atoms with van der Waals surface area (Å²) in [6.07, 6.45) is 7.19. The highest BCUT2D eigenvalue weighted by atomic mass is 28.4. The number of rotatable bonds is 15. The van der Waals surface area contributed by atoms with Crippen LogP contribution in [0.4, 0.5) is 4.79 Å². The number of nitrogens with zero attached hydrogens (tertiary/aromatic N) is 2. The summed E-state index contributed by atoms with van der Waals surface area (Å²) in [4.78, 5) is 32.1. The fourth-order valence-corrected chi connectivity index (χ4v) is 12.6. The zero-order valence-corrected chi connectivity index (χ0v) is 46.7. The SMILES string of the molecule is CC[C@H](O[Si](C)(C)C(C)(C)C)[C@@H](C)[C@H]1O[C@@H]1C[C@@](C)(O)C(O)C(O)/C=C(\C)[C@H]1OC(=O)C[C@H](O[Si](C)(C)C(C)(C)C)CC[C@@](C)(O)[C@@H](OC(=O)N2CCN(C3CCCCCC3)CC2)/C=C/[C@@H]1C. The molecular weight excluding hydrogens is 885 g/mol. The number of piperazine rings is 1. The lowest BCUT2D eigenvalue weighted by molar-refractivity contribution is -0.151. The van der Waals surface area contributed by atoms with Crippen LogP contribution in [0.5, 0.6) is 0 Å². The Bertz CT molecular complexity index is 1660. The van der Waals surface area contributed by atoms with E-state index in [-0.39, 0.29) is 53.6 Å². The third-order valence-electron chi connectivity index (χ3n) is 16.6. The van der Waals surface area contributed by atoms with Crippen LogP contribution in [0.2, 0.25) is 36.3 Å². The van der Waals surface area contributed by atoms with E-state index in [9.17, 15) is 30.0 Å². The molecule has 4 N–H and O–H groups in total. The Morgan fingerprint density at radius 1 is 0.940 bits per heavy atom. The predicted octanol–water partition coefficient (Wildman–Crippen LogP) is 9.27. The van der Waals surface area contributed by atoms with Crippen LogP contribution >= 0.6 is 0 Å². The first kappa shape index (κ1) is 57.9. The van der Waals surface area contributed by atoms with Gasteiger partial charge < -0.3 is 48.4 Å². The van der Waals surface area contributed by atoms with Gasteiger partial charge in [0.05, 0.1) is 30.3 Å². The Hall–Kier alpha value is -1.67. The number of ether oxygens (including phenoxy) is 3. The number of aliphatic hydroxyl groups excluding tert-OH is 2. The molecule has 4 aliphatic rings. The van der Waals surface area contributed by atoms with Gasteiger partial charge in [-0.05, 0) is 101 Å². The van der Waals surface area contributed by atoms with Crippen molar-refractivity contribution in [1.29, 1.82) is 0 Å². The van der Waals surface area contributed by atoms with Crippen molar-refractivity contribution in [2.45, 2.75) is 256 Å². The molecule has 1 saturated carbocycles. The van der Waals surface area contributed by atoms with Crippen molar-refractivity contribution in [2.24, 2.45) is 11.8 Å². The molecule has 2 saturated heterocycles. The van der Waals surface area contributed by atoms with Gasteiger partial charge in [-0.1, -0.05) is 100 Å². The van der Waals surface area contributed by atoms with Crippen LogP contribution in [0.25, 0.3) is 0 Å². The van der Waals surface area contributed by atoms with Gasteiger partial charge in [0.15, 0.2) is 22.7 Å². The van der Waals surface area contributed by atoms with Gasteiger partial charge in [-0.3, -0.25) is 9.69 Å². The normalized spacial score (nSPS) is 31.8. The summed E-state index contributed by atoms with van der Waals surface area (Å²) in [5, 5.41) is 46.8. The molecule has 0 aromatic rings. The standard InChI is InChI=1S/C52H96N2O11Si2/c1-17-41(65-67(15,16)50(8,9)10)37(4)46-42(61-46)34-52(12,60)47(57)40(55)32-36(3)45-35(2)24-25-43(62-48(58)54-30-28-53(29-31-54)38-22-20-18-19-21-23-38)51(11,59)27-26-39(33-44(56)63-45)64-66(13,14)49(5,6)7/h24-25,32,35,37-43,45-47,55,57,59-60H,17-23,26-31,33-34H2,1-16H3/b25-24+,36-32+/t35-,37+,39+,40?,41-,42+,43-,45-,46+,47?,51+,52+/m0/s1. The monoisotopic (exact) mass is 981 g/mol. The molecule has 0 bridgehead atoms. The first-order chi connectivity index (χ1) is 30.8. The fraction of sp³-hybridized carbons (Fsp3) is 0.885. The summed E-state index contributed by atoms with van der Waals surface area (Å²) in [5.41, 5.74) is -2.76. The smallest absolute Gasteiger partial charge is 0.410 e. The van der Waals surface area contributed by atoms with Crippen LogP contribution in [0.1, 0.15) is 154 Å². The maximum Gasteiger partial charge on any atom is 0.410 e. The third-order valence-corrected chi connectivity index (χ3v) is 25.6. The van der Waals surface area contributed by atoms with Crippen molar-refractivity contribution in [3.63, 3.8) is 0 Å². The number of carbonyl (C=O) groups is 2. The first-order valence-electron chi connectivity index (χ1n) is 25.9. The van der Waals surface area contributed by atoms with E-state index in [0.29, 0.717) is 31.1 Å². The highest BCUT2D eigenvalue weighted by Gasteiger charge is 2.52. The molecular formula is C52H96N2O11Si2. The maximum atomic E-state index is 13.9. The lowest BCUT2D eigenvalue weighted by Crippen LogP contribution is -2.53. The first-order valence-corrected chi connectivity index (χ1v) is 31.7. The zero-order valence-electron chi connectivity index (χ0n) is 44.7. The Labute approximate surface area is 408 Å². The van der Waals surface area contributed by atoms with E-state index in [1.807, 2.05) is 6.92 Å². The van der Waals surface area contributed by atoms with E-state index in [2.05, 4.69) is 86.5 Å². The minimum Gasteiger partial charge on any atom is -0.457 e. The molecule has 0 spiro atoms. The molecule has 12 atom stereocenters. The van der Waals surface area contributed by atoms with Gasteiger partial charge in [-0.25, -0.2) is 4.79 Å². The van der Waals surface area contributed by atoms with E-state index in [4.69, 9.17) is 23.1 Å². The summed E-state index contributed by atoms with van der Waals surface area (Å²) >= 11 is 0. The molecule has 0 radical (unpaired) electrons. The van der Waals surface area contributed by atoms with Crippen molar-refractivity contribution in [1.82, 2.24) is 9.80 Å². The molecule has 13 nitrogen and oxygen atoms in total. The Morgan fingerprint density at radius 2 is 1.52 bits per heavy atom. The number of hydrogen-bond donors (Lipinski definition) is 4. The summed E-state index contributed by atoms with van der Waals surface area (Å²) < 4.78 is 32.2. The highest BCUT2D eigenvalue weighted by Crippen LogP contribution is 2.44. The number of esters is 1. The van der Waals surface area contributed by atoms with Crippen LogP contribution < -0.4 is 0 Å². The molecule has 4 rings (SSSR count). The third kappa shape index (κ3) is 15.9. The van der Waals surface area contributed by atoms with E-state index in [0.717, 1.165) is 19.5 Å². The fourth-order valence-electron chi connectivity index (χ4n) is 9.67. The van der Waals surface area contributed by atoms with Crippen LogP contribution in [0.3, 0.4) is 0 Å². The summed E-state index contributed by atoms with van der Waals surface area (Å²) in [5.74, 6) is -0.949. The van der Waals surface area contributed by atoms with E-state index >= 15 is 0 Å². The molecule has 1 aliphatic carbocycles. The van der Waals surface area contributed by atoms with Gasteiger partial charge in [0.2, 0.25) is 0 Å². The number of cyclic esters (lactones) is 1. The molecule has 3 fully saturated rings. The second kappa shape index (κ2) is 23.3. The zero-order chi connectivity index (χ0) is 50.5. The van der Waals surface area contributed by atoms with Crippen molar-refractivity contribution in [3.05, 3.63) is 23.8 Å². The van der Waals surface area contributed by atoms with Gasteiger partial charge in [-0.15, -0.1) is 0 Å². The number of carbonyl (C=O) groups excluding carboxylic acids is 2. The molecule has 2 unspecified atom stereocenters. The van der Waals surface area contributed by atoms with Crippen molar-refractivity contribution in [3.8, 4) is 0 Å². The number of amides is 1. The predicted molar refractivity (Wildman–Crippen MR) is 271 cm³/mol. The van der Waals surface area contributed by atoms with Crippen LogP contribution in [0.15, 0.2) is 23.8 Å². The topological polar surface area (TPSA) is 171 Å². The lowest BCUT2D eigenvalue weighted by atomic mass is 9.85. The summed E-state index contributed by atoms with van der Waals surface area (Å²) in [6, 6.07) is 0.557. The van der Waals surface area contributed by atoms with Crippen LogP contribution in [-0.2, 0) is 27.9 Å². The number of hydrogen-bond acceptors (Lipinski definition) is 12. The van der Waals surface area contributed by atoms with E-state index in [1.165, 1.54) is 51.5 Å². The van der Waals surface area contributed by atoms with Gasteiger partial charge in [0, 0.05) is 56.6 Å². The number of aliphatic hydroxyl groups is 4. The lowest BCUT2D eigenvalue weighted by Gasteiger charge is -2.41. The van der Waals surface area contributed by atoms with Crippen molar-refractivity contribution >= 4 is 28.7 Å². The second-order valence-corrected chi connectivity index (χ2v) is 34.0. The average molecular weight is 982 g/mol. The average Bonchev–Trinajstić information content (AvgIpc) is 4.03. The number of epoxide rings is 1. The largest absolute Gasteiger partial charge is 0.457 e. The molecule has 0 aromatic heterocycles. The van der Waals surface area contributed by atoms with Gasteiger partial charge in [-0.2, -0.15) is 0 Å². The Morgan fingerprint density at radius 3 is 2.07 bits per heavy atom.